The fraction of sp³-hybridized carbons (Fsp3) is 0.800. The Bertz CT molecular complexity index is 98.3. The van der Waals surface area contributed by atoms with Crippen molar-refractivity contribution in [2.24, 2.45) is 10.9 Å². The van der Waals surface area contributed by atoms with Crippen molar-refractivity contribution in [1.82, 2.24) is 0 Å². The largest absolute Gasteiger partial charge is 0.283 e. The molecule has 2 heteroatoms. The molecule has 1 atom stereocenters. The summed E-state index contributed by atoms with van der Waals surface area (Å²) in [5.41, 5.74) is 0. The molecule has 1 rings (SSSR count). The van der Waals surface area contributed by atoms with Crippen LogP contribution in [0.25, 0.3) is 0 Å². The van der Waals surface area contributed by atoms with Gasteiger partial charge in [0, 0.05) is 6.54 Å². The van der Waals surface area contributed by atoms with Gasteiger partial charge < -0.3 is 0 Å². The fourth-order valence-corrected chi connectivity index (χ4v) is 1.62. The molecule has 0 radical (unpaired) electrons. The van der Waals surface area contributed by atoms with Gasteiger partial charge in [-0.25, -0.2) is 0 Å². The highest BCUT2D eigenvalue weighted by atomic mass is 127. The Morgan fingerprint density at radius 2 is 2.57 bits per heavy atom. The van der Waals surface area contributed by atoms with Crippen molar-refractivity contribution in [3.63, 3.8) is 0 Å². The summed E-state index contributed by atoms with van der Waals surface area (Å²) in [7, 11) is 0. The number of aliphatic imine (C=N–C) groups is 1. The third-order valence-corrected chi connectivity index (χ3v) is 1.87. The van der Waals surface area contributed by atoms with Crippen molar-refractivity contribution in [2.45, 2.75) is 13.3 Å². The quantitative estimate of drug-likeness (QED) is 0.540. The number of hydrogen-bond donors (Lipinski definition) is 0. The van der Waals surface area contributed by atoms with Crippen molar-refractivity contribution in [1.29, 1.82) is 0 Å². The lowest BCUT2D eigenvalue weighted by Gasteiger charge is -1.91. The summed E-state index contributed by atoms with van der Waals surface area (Å²) in [6.07, 6.45) is 1.21. The molecule has 0 amide bonds. The Hall–Kier alpha value is 0.400. The Balaban J connectivity index is 2.42. The van der Waals surface area contributed by atoms with Crippen LogP contribution in [0.15, 0.2) is 4.99 Å². The van der Waals surface area contributed by atoms with Crippen molar-refractivity contribution in [3.8, 4) is 0 Å². The monoisotopic (exact) mass is 209 g/mol. The number of nitrogens with zero attached hydrogens (tertiary/aromatic N) is 1. The van der Waals surface area contributed by atoms with E-state index in [1.54, 1.807) is 0 Å². The molecule has 0 bridgehead atoms. The smallest absolute Gasteiger partial charge is 0.0732 e. The molecule has 0 aromatic rings. The Morgan fingerprint density at radius 1 is 1.86 bits per heavy atom. The molecule has 0 saturated carbocycles. The van der Waals surface area contributed by atoms with E-state index in [0.717, 1.165) is 12.5 Å². The molecular formula is C5H8IN. The second-order valence-electron chi connectivity index (χ2n) is 2.03. The second-order valence-corrected chi connectivity index (χ2v) is 3.27. The summed E-state index contributed by atoms with van der Waals surface area (Å²) in [5.74, 6) is 0.812. The van der Waals surface area contributed by atoms with Gasteiger partial charge >= 0.3 is 0 Å². The topological polar surface area (TPSA) is 12.4 Å². The van der Waals surface area contributed by atoms with Gasteiger partial charge in [-0.2, -0.15) is 0 Å². The van der Waals surface area contributed by atoms with Crippen LogP contribution in [0.4, 0.5) is 0 Å². The molecule has 1 aliphatic rings. The summed E-state index contributed by atoms with van der Waals surface area (Å²) in [4.78, 5) is 4.22. The summed E-state index contributed by atoms with van der Waals surface area (Å²) in [6.45, 7) is 3.29. The zero-order valence-electron chi connectivity index (χ0n) is 4.32. The van der Waals surface area contributed by atoms with Crippen LogP contribution in [-0.2, 0) is 0 Å². The third-order valence-electron chi connectivity index (χ3n) is 1.09. The van der Waals surface area contributed by atoms with E-state index >= 15 is 0 Å². The fourth-order valence-electron chi connectivity index (χ4n) is 0.672. The van der Waals surface area contributed by atoms with Gasteiger partial charge in [-0.1, -0.05) is 6.92 Å². The van der Waals surface area contributed by atoms with E-state index in [2.05, 4.69) is 34.5 Å². The molecule has 0 spiro atoms. The molecule has 1 aliphatic heterocycles. The van der Waals surface area contributed by atoms with Gasteiger partial charge in [-0.05, 0) is 34.9 Å². The number of rotatable bonds is 0. The maximum Gasteiger partial charge on any atom is 0.0732 e. The summed E-state index contributed by atoms with van der Waals surface area (Å²) < 4.78 is 1.30. The van der Waals surface area contributed by atoms with Crippen LogP contribution in [0.1, 0.15) is 13.3 Å². The highest BCUT2D eigenvalue weighted by molar-refractivity contribution is 14.1. The van der Waals surface area contributed by atoms with Crippen LogP contribution in [0.2, 0.25) is 0 Å². The molecule has 0 fully saturated rings. The standard InChI is InChI=1S/C5H8IN/c1-4-2-5(6)7-3-4/h4H,2-3H2,1H3. The maximum atomic E-state index is 4.22. The van der Waals surface area contributed by atoms with Crippen LogP contribution in [0.5, 0.6) is 0 Å². The molecule has 0 aromatic carbocycles. The first-order valence-corrected chi connectivity index (χ1v) is 3.55. The van der Waals surface area contributed by atoms with Crippen LogP contribution in [-0.4, -0.2) is 10.3 Å². The third kappa shape index (κ3) is 1.40. The Kier molecular flexibility index (Phi) is 1.67. The molecule has 0 aliphatic carbocycles. The highest BCUT2D eigenvalue weighted by Crippen LogP contribution is 2.15. The average molecular weight is 209 g/mol. The molecule has 7 heavy (non-hydrogen) atoms. The van der Waals surface area contributed by atoms with E-state index in [4.69, 9.17) is 0 Å². The van der Waals surface area contributed by atoms with Crippen LogP contribution in [0.3, 0.4) is 0 Å². The predicted molar refractivity (Wildman–Crippen MR) is 40.1 cm³/mol. The van der Waals surface area contributed by atoms with Gasteiger partial charge in [-0.15, -0.1) is 0 Å². The number of halogens is 1. The first-order valence-electron chi connectivity index (χ1n) is 2.48. The minimum atomic E-state index is 0.812. The van der Waals surface area contributed by atoms with Crippen molar-refractivity contribution in [3.05, 3.63) is 0 Å². The van der Waals surface area contributed by atoms with E-state index < -0.39 is 0 Å². The average Bonchev–Trinajstić information content (AvgIpc) is 1.87. The first-order chi connectivity index (χ1) is 3.29. The summed E-state index contributed by atoms with van der Waals surface area (Å²) in [5, 5.41) is 0. The SMILES string of the molecule is CC1CN=C(I)C1. The molecule has 40 valence electrons. The van der Waals surface area contributed by atoms with Gasteiger partial charge in [0.1, 0.15) is 0 Å². The summed E-state index contributed by atoms with van der Waals surface area (Å²) >= 11 is 2.30. The van der Waals surface area contributed by atoms with E-state index in [-0.39, 0.29) is 0 Å². The lowest BCUT2D eigenvalue weighted by Crippen LogP contribution is -1.90. The molecule has 0 saturated heterocycles. The number of hydrogen-bond acceptors (Lipinski definition) is 1. The lowest BCUT2D eigenvalue weighted by molar-refractivity contribution is 0.665. The van der Waals surface area contributed by atoms with E-state index in [0.29, 0.717) is 0 Å². The first kappa shape index (κ1) is 5.54. The minimum Gasteiger partial charge on any atom is -0.283 e. The molecule has 1 heterocycles. The van der Waals surface area contributed by atoms with Crippen molar-refractivity contribution in [2.75, 3.05) is 6.54 Å². The van der Waals surface area contributed by atoms with E-state index in [9.17, 15) is 0 Å². The normalized spacial score (nSPS) is 30.6. The molecular weight excluding hydrogens is 201 g/mol. The predicted octanol–water partition coefficient (Wildman–Crippen LogP) is 1.86. The summed E-state index contributed by atoms with van der Waals surface area (Å²) in [6, 6.07) is 0. The second kappa shape index (κ2) is 2.11. The minimum absolute atomic E-state index is 0.812. The van der Waals surface area contributed by atoms with Crippen LogP contribution < -0.4 is 0 Å². The zero-order chi connectivity index (χ0) is 5.28. The molecule has 0 N–H and O–H groups in total. The molecule has 1 unspecified atom stereocenters. The van der Waals surface area contributed by atoms with E-state index in [1.165, 1.54) is 10.1 Å². The van der Waals surface area contributed by atoms with Gasteiger partial charge in [0.15, 0.2) is 0 Å². The van der Waals surface area contributed by atoms with Gasteiger partial charge in [0.25, 0.3) is 0 Å². The van der Waals surface area contributed by atoms with E-state index in [1.807, 2.05) is 0 Å². The Labute approximate surface area is 57.4 Å². The zero-order valence-corrected chi connectivity index (χ0v) is 6.47. The van der Waals surface area contributed by atoms with Crippen LogP contribution >= 0.6 is 22.6 Å². The van der Waals surface area contributed by atoms with Gasteiger partial charge in [0.2, 0.25) is 0 Å². The van der Waals surface area contributed by atoms with Gasteiger partial charge in [0.05, 0.1) is 3.72 Å². The van der Waals surface area contributed by atoms with Crippen molar-refractivity contribution >= 4 is 26.3 Å². The molecule has 1 nitrogen and oxygen atoms in total. The Morgan fingerprint density at radius 3 is 2.71 bits per heavy atom. The highest BCUT2D eigenvalue weighted by Gasteiger charge is 2.09. The van der Waals surface area contributed by atoms with Gasteiger partial charge in [-0.3, -0.25) is 4.99 Å². The van der Waals surface area contributed by atoms with Crippen LogP contribution in [0, 0.1) is 5.92 Å². The lowest BCUT2D eigenvalue weighted by atomic mass is 10.2. The maximum absolute atomic E-state index is 4.22. The van der Waals surface area contributed by atoms with Crippen molar-refractivity contribution < 1.29 is 0 Å². The molecule has 0 aromatic heterocycles.